The Morgan fingerprint density at radius 3 is 1.78 bits per heavy atom. The van der Waals surface area contributed by atoms with Gasteiger partial charge in [-0.3, -0.25) is 20.4 Å². The third-order valence-electron chi connectivity index (χ3n) is 9.68. The molecule has 13 nitrogen and oxygen atoms in total. The van der Waals surface area contributed by atoms with Crippen LogP contribution in [0.15, 0.2) is 85.3 Å². The predicted molar refractivity (Wildman–Crippen MR) is 242 cm³/mol. The van der Waals surface area contributed by atoms with Crippen LogP contribution in [-0.2, 0) is 54.3 Å². The van der Waals surface area contributed by atoms with Crippen molar-refractivity contribution in [3.05, 3.63) is 134 Å². The molecule has 3 saturated heterocycles. The number of thiophene rings is 1. The van der Waals surface area contributed by atoms with Gasteiger partial charge in [0.25, 0.3) is 0 Å². The van der Waals surface area contributed by atoms with E-state index in [2.05, 4.69) is 46.2 Å². The Kier molecular flexibility index (Phi) is 20.3. The number of unbranched alkanes of at least 4 members (excludes halogenated alkanes) is 3. The number of nitrogens with one attached hydrogen (secondary N) is 2. The summed E-state index contributed by atoms with van der Waals surface area (Å²) in [5, 5.41) is 15.4. The molecule has 8 heterocycles. The number of thiocarbonyl (C=S) groups is 1. The predicted octanol–water partition coefficient (Wildman–Crippen LogP) is 11.4. The van der Waals surface area contributed by atoms with E-state index in [0.29, 0.717) is 68.5 Å². The molecule has 65 heavy (non-hydrogen) atoms. The molecule has 3 aliphatic rings. The number of hydrogen-bond acceptors (Lipinski definition) is 13. The fourth-order valence-electron chi connectivity index (χ4n) is 6.59. The molecule has 0 amide bonds. The van der Waals surface area contributed by atoms with Gasteiger partial charge in [0.1, 0.15) is 5.71 Å². The number of isothiocyanates is 1. The molecule has 5 aromatic rings. The van der Waals surface area contributed by atoms with Crippen LogP contribution in [0.3, 0.4) is 0 Å². The molecule has 0 atom stereocenters. The summed E-state index contributed by atoms with van der Waals surface area (Å²) in [6.07, 6.45) is 9.18. The summed E-state index contributed by atoms with van der Waals surface area (Å²) >= 11 is 5.43. The number of nitrogens with zero attached hydrogens (tertiary/aromatic N) is 5. The second kappa shape index (κ2) is 25.8. The average Bonchev–Trinajstić information content (AvgIpc) is 4.17. The fourth-order valence-corrected chi connectivity index (χ4v) is 7.55. The van der Waals surface area contributed by atoms with Gasteiger partial charge in [0.05, 0.1) is 62.4 Å². The second-order valence-electron chi connectivity index (χ2n) is 14.3. The van der Waals surface area contributed by atoms with E-state index in [9.17, 15) is 13.2 Å². The summed E-state index contributed by atoms with van der Waals surface area (Å²) in [5.41, 5.74) is 12.0. The Bertz CT molecular complexity index is 2340. The van der Waals surface area contributed by atoms with Crippen molar-refractivity contribution in [2.24, 2.45) is 0 Å². The molecule has 19 heteroatoms. The minimum absolute atomic E-state index is 0. The van der Waals surface area contributed by atoms with Crippen molar-refractivity contribution in [1.29, 1.82) is 5.41 Å². The van der Waals surface area contributed by atoms with E-state index in [0.717, 1.165) is 33.6 Å². The number of aromatic nitrogens is 4. The maximum absolute atomic E-state index is 12.4. The Morgan fingerprint density at radius 2 is 1.26 bits per heavy atom. The number of aryl methyl sites for hydroxylation is 1. The van der Waals surface area contributed by atoms with E-state index < -0.39 is 23.9 Å². The zero-order valence-electron chi connectivity index (χ0n) is 35.2. The molecule has 5 aromatic heterocycles. The number of ether oxygens (including phenoxy) is 6. The summed E-state index contributed by atoms with van der Waals surface area (Å²) in [7, 11) is 0. The van der Waals surface area contributed by atoms with Gasteiger partial charge in [0, 0.05) is 50.7 Å². The molecular formula is C46H46F3N7O6RuS2. The van der Waals surface area contributed by atoms with Gasteiger partial charge < -0.3 is 39.6 Å². The van der Waals surface area contributed by atoms with Crippen molar-refractivity contribution < 1.29 is 61.1 Å². The third-order valence-corrected chi connectivity index (χ3v) is 10.8. The smallest absolute Gasteiger partial charge is 0.753 e. The minimum Gasteiger partial charge on any atom is -0.753 e. The average molecular weight is 1020 g/mol. The standard InChI is InChI=1S/C24H23N3O6.C21H23F3N3S.CNS.Ru/c1-3-25-18(11-15(1)22-28-5-6-29-22)20-13-17(24-32-9-10-33-24)14-21(27-20)19-12-16(2-4-26-19)23-30-7-8-31-23;1-2-3-4-5-6-16-9-10-17(28-16)8-7-15-11-12-27-19(13-15)18(25)14-20(26)21(22,23)24;2-1-3;/h1-4,11-14,22-24H,5-10H2;7-14,25-26H,2-6H2,1H3;;/q;2*-1;+2/b;8-7+,18-14-,26-20?;;. The fraction of sp³-hybridized carbons (Fsp3) is 0.348. The van der Waals surface area contributed by atoms with Crippen molar-refractivity contribution in [3.8, 4) is 22.8 Å². The molecule has 3 fully saturated rings. The van der Waals surface area contributed by atoms with Gasteiger partial charge in [-0.05, 0) is 91.2 Å². The maximum atomic E-state index is 12.4. The van der Waals surface area contributed by atoms with Gasteiger partial charge in [-0.25, -0.2) is 4.98 Å². The number of hydrogen-bond donors (Lipinski definition) is 1. The van der Waals surface area contributed by atoms with Gasteiger partial charge in [-0.1, -0.05) is 44.5 Å². The van der Waals surface area contributed by atoms with E-state index in [1.807, 2.05) is 48.6 Å². The van der Waals surface area contributed by atoms with Crippen molar-refractivity contribution in [2.75, 3.05) is 39.6 Å². The first-order chi connectivity index (χ1) is 31.0. The number of allylic oxidation sites excluding steroid dienone is 1. The second-order valence-corrected chi connectivity index (χ2v) is 15.7. The maximum Gasteiger partial charge on any atom is 2.00 e. The van der Waals surface area contributed by atoms with Crippen LogP contribution in [0.4, 0.5) is 13.2 Å². The van der Waals surface area contributed by atoms with Crippen LogP contribution in [0.5, 0.6) is 0 Å². The normalized spacial score (nSPS) is 15.8. The molecule has 0 bridgehead atoms. The van der Waals surface area contributed by atoms with Gasteiger partial charge >= 0.3 is 25.7 Å². The van der Waals surface area contributed by atoms with E-state index in [4.69, 9.17) is 50.0 Å². The Hall–Kier alpha value is -4.78. The Labute approximate surface area is 397 Å². The van der Waals surface area contributed by atoms with Crippen molar-refractivity contribution in [1.82, 2.24) is 19.9 Å². The van der Waals surface area contributed by atoms with Crippen LogP contribution in [0, 0.1) is 5.41 Å². The van der Waals surface area contributed by atoms with E-state index in [1.54, 1.807) is 29.8 Å². The molecule has 0 saturated carbocycles. The molecule has 342 valence electrons. The zero-order chi connectivity index (χ0) is 45.3. The molecule has 0 aliphatic carbocycles. The van der Waals surface area contributed by atoms with Gasteiger partial charge in [-0.2, -0.15) is 18.3 Å². The van der Waals surface area contributed by atoms with Crippen LogP contribution in [0.25, 0.3) is 51.8 Å². The number of rotatable bonds is 14. The summed E-state index contributed by atoms with van der Waals surface area (Å²) in [6, 6.07) is 19.0. The number of alkyl halides is 3. The van der Waals surface area contributed by atoms with Crippen molar-refractivity contribution in [2.45, 2.75) is 64.1 Å². The Morgan fingerprint density at radius 1 is 0.754 bits per heavy atom. The molecule has 0 radical (unpaired) electrons. The summed E-state index contributed by atoms with van der Waals surface area (Å²) < 4.78 is 71.4. The van der Waals surface area contributed by atoms with Gasteiger partial charge in [0.2, 0.25) is 0 Å². The van der Waals surface area contributed by atoms with Gasteiger partial charge in [-0.15, -0.1) is 17.0 Å². The summed E-state index contributed by atoms with van der Waals surface area (Å²) in [5.74, 6) is 0. The van der Waals surface area contributed by atoms with Crippen molar-refractivity contribution >= 4 is 52.3 Å². The number of pyridine rings is 4. The molecular weight excluding hydrogens is 969 g/mol. The van der Waals surface area contributed by atoms with Crippen LogP contribution in [0.2, 0.25) is 0 Å². The van der Waals surface area contributed by atoms with E-state index >= 15 is 0 Å². The Balaban J connectivity index is 0.000000230. The SMILES string of the molecule is CCCCCCc1ccc(/C=C/c2ccnc(/C([NH-])=C/C(=N)C(F)(F)F)c2)s1.[N-]=C=S.[Ru+2].c1cc(C2OCCO2)cc(-c2cc(C3OCCO3)cc(-c3cc(C4OCCO4)ccn3)n2)n1. The monoisotopic (exact) mass is 1020 g/mol. The van der Waals surface area contributed by atoms with E-state index in [1.165, 1.54) is 48.0 Å². The first-order valence-electron chi connectivity index (χ1n) is 20.5. The first-order valence-corrected chi connectivity index (χ1v) is 21.7. The molecule has 0 spiro atoms. The quantitative estimate of drug-likeness (QED) is 0.0485. The van der Waals surface area contributed by atoms with Crippen LogP contribution >= 0.6 is 23.6 Å². The molecule has 0 unspecified atom stereocenters. The summed E-state index contributed by atoms with van der Waals surface area (Å²) in [6.45, 7) is 5.59. The van der Waals surface area contributed by atoms with Crippen LogP contribution in [-0.4, -0.2) is 76.6 Å². The molecule has 0 aromatic carbocycles. The number of halogens is 3. The topological polar surface area (TPSA) is 177 Å². The first kappa shape index (κ1) is 51.2. The van der Waals surface area contributed by atoms with Crippen LogP contribution < -0.4 is 0 Å². The minimum atomic E-state index is -4.77. The molecule has 3 aliphatic heterocycles. The molecule has 8 rings (SSSR count). The zero-order valence-corrected chi connectivity index (χ0v) is 38.6. The van der Waals surface area contributed by atoms with Gasteiger partial charge in [0.15, 0.2) is 18.9 Å². The summed E-state index contributed by atoms with van der Waals surface area (Å²) in [4.78, 5) is 20.4. The third kappa shape index (κ3) is 15.4. The molecule has 2 N–H and O–H groups in total. The van der Waals surface area contributed by atoms with Crippen molar-refractivity contribution in [3.63, 3.8) is 0 Å². The largest absolute Gasteiger partial charge is 2.00 e. The van der Waals surface area contributed by atoms with E-state index in [-0.39, 0.29) is 37.8 Å². The van der Waals surface area contributed by atoms with Crippen LogP contribution in [0.1, 0.15) is 89.2 Å².